The highest BCUT2D eigenvalue weighted by Crippen LogP contribution is 2.37. The Morgan fingerprint density at radius 2 is 1.38 bits per heavy atom. The molecule has 1 amide bonds. The molecular formula is C11H6Cl2I3NO4. The van der Waals surface area contributed by atoms with Crippen LogP contribution in [0.3, 0.4) is 0 Å². The zero-order valence-corrected chi connectivity index (χ0v) is 18.0. The lowest BCUT2D eigenvalue weighted by molar-refractivity contribution is -0.116. The summed E-state index contributed by atoms with van der Waals surface area (Å²) < 4.78 is 1.16. The molecule has 0 aliphatic rings. The summed E-state index contributed by atoms with van der Waals surface area (Å²) in [7, 11) is 0. The molecule has 1 rings (SSSR count). The molecule has 0 unspecified atom stereocenters. The van der Waals surface area contributed by atoms with Crippen LogP contribution in [0.2, 0.25) is 0 Å². The van der Waals surface area contributed by atoms with E-state index in [9.17, 15) is 14.4 Å². The van der Waals surface area contributed by atoms with E-state index in [1.165, 1.54) is 0 Å². The van der Waals surface area contributed by atoms with Crippen LogP contribution in [-0.4, -0.2) is 28.1 Å². The van der Waals surface area contributed by atoms with Gasteiger partial charge in [0.1, 0.15) is 0 Å². The van der Waals surface area contributed by atoms with Gasteiger partial charge in [-0.25, -0.2) is 0 Å². The fraction of sp³-hybridized carbons (Fsp3) is 0.182. The minimum absolute atomic E-state index is 0.105. The molecule has 0 spiro atoms. The fourth-order valence-corrected chi connectivity index (χ4v) is 6.85. The van der Waals surface area contributed by atoms with Crippen LogP contribution < -0.4 is 5.32 Å². The summed E-state index contributed by atoms with van der Waals surface area (Å²) in [6.07, 6.45) is -0.105. The van der Waals surface area contributed by atoms with E-state index in [1.807, 2.05) is 67.8 Å². The predicted molar refractivity (Wildman–Crippen MR) is 105 cm³/mol. The zero-order chi connectivity index (χ0) is 16.3. The molecule has 0 aliphatic carbocycles. The molecule has 0 aliphatic heterocycles. The summed E-state index contributed by atoms with van der Waals surface area (Å²) in [6, 6.07) is 0. The summed E-state index contributed by atoms with van der Waals surface area (Å²) in [4.78, 5) is 34.8. The number of hydrogen-bond acceptors (Lipinski definition) is 4. The van der Waals surface area contributed by atoms with E-state index >= 15 is 0 Å². The molecule has 0 atom stereocenters. The van der Waals surface area contributed by atoms with Gasteiger partial charge >= 0.3 is 0 Å². The first-order valence-electron chi connectivity index (χ1n) is 5.23. The number of amides is 1. The molecule has 114 valence electrons. The van der Waals surface area contributed by atoms with E-state index in [0.717, 1.165) is 0 Å². The van der Waals surface area contributed by atoms with Crippen molar-refractivity contribution in [2.24, 2.45) is 0 Å². The van der Waals surface area contributed by atoms with Crippen molar-refractivity contribution in [3.05, 3.63) is 21.8 Å². The second-order valence-electron chi connectivity index (χ2n) is 3.64. The number of halogens is 5. The summed E-state index contributed by atoms with van der Waals surface area (Å²) in [6.45, 7) is -0.314. The first kappa shape index (κ1) is 19.8. The van der Waals surface area contributed by atoms with Crippen molar-refractivity contribution in [1.82, 2.24) is 0 Å². The third-order valence-electron chi connectivity index (χ3n) is 2.31. The molecule has 10 heteroatoms. The van der Waals surface area contributed by atoms with Crippen LogP contribution in [0.5, 0.6) is 0 Å². The Morgan fingerprint density at radius 3 is 1.71 bits per heavy atom. The Bertz CT molecular complexity index is 595. The van der Waals surface area contributed by atoms with Gasteiger partial charge in [0.15, 0.2) is 0 Å². The first-order chi connectivity index (χ1) is 9.72. The lowest BCUT2D eigenvalue weighted by atomic mass is 10.1. The number of anilines is 1. The smallest absolute Gasteiger partial charge is 0.254 e. The van der Waals surface area contributed by atoms with Gasteiger partial charge in [-0.2, -0.15) is 0 Å². The minimum Gasteiger partial charge on any atom is -0.396 e. The van der Waals surface area contributed by atoms with Crippen molar-refractivity contribution in [3.8, 4) is 0 Å². The number of carbonyl (C=O) groups is 3. The Morgan fingerprint density at radius 1 is 0.952 bits per heavy atom. The monoisotopic (exact) mass is 667 g/mol. The van der Waals surface area contributed by atoms with Crippen LogP contribution in [0.15, 0.2) is 0 Å². The quantitative estimate of drug-likeness (QED) is 0.372. The molecule has 1 aromatic carbocycles. The molecule has 0 heterocycles. The molecule has 0 bridgehead atoms. The zero-order valence-electron chi connectivity index (χ0n) is 9.98. The van der Waals surface area contributed by atoms with Crippen LogP contribution in [0.25, 0.3) is 0 Å². The van der Waals surface area contributed by atoms with Gasteiger partial charge in [-0.1, -0.05) is 0 Å². The van der Waals surface area contributed by atoms with Crippen molar-refractivity contribution in [2.75, 3.05) is 11.9 Å². The van der Waals surface area contributed by atoms with Crippen molar-refractivity contribution >= 4 is 113 Å². The number of aliphatic hydroxyl groups excluding tert-OH is 1. The van der Waals surface area contributed by atoms with Gasteiger partial charge in [0, 0.05) is 3.57 Å². The van der Waals surface area contributed by atoms with E-state index in [2.05, 4.69) is 5.32 Å². The maximum absolute atomic E-state index is 11.6. The highest BCUT2D eigenvalue weighted by molar-refractivity contribution is 14.1. The molecule has 0 aromatic heterocycles. The summed E-state index contributed by atoms with van der Waals surface area (Å²) >= 11 is 16.7. The van der Waals surface area contributed by atoms with Gasteiger partial charge in [-0.3, -0.25) is 14.4 Å². The third kappa shape index (κ3) is 4.62. The van der Waals surface area contributed by atoms with Gasteiger partial charge in [0.2, 0.25) is 5.91 Å². The summed E-state index contributed by atoms with van der Waals surface area (Å²) in [5, 5.41) is 9.82. The van der Waals surface area contributed by atoms with Crippen molar-refractivity contribution in [1.29, 1.82) is 0 Å². The Kier molecular flexibility index (Phi) is 8.08. The van der Waals surface area contributed by atoms with E-state index in [4.69, 9.17) is 28.3 Å². The van der Waals surface area contributed by atoms with Crippen molar-refractivity contribution in [3.63, 3.8) is 0 Å². The molecule has 0 saturated heterocycles. The predicted octanol–water partition coefficient (Wildman–Crippen LogP) is 3.58. The molecule has 0 saturated carbocycles. The highest BCUT2D eigenvalue weighted by Gasteiger charge is 2.27. The van der Waals surface area contributed by atoms with Gasteiger partial charge in [-0.15, -0.1) is 0 Å². The van der Waals surface area contributed by atoms with Gasteiger partial charge in [0.05, 0.1) is 37.0 Å². The highest BCUT2D eigenvalue weighted by atomic mass is 127. The number of nitrogens with one attached hydrogen (secondary N) is 1. The van der Waals surface area contributed by atoms with E-state index in [0.29, 0.717) is 10.7 Å². The maximum Gasteiger partial charge on any atom is 0.254 e. The SMILES string of the molecule is O=C(CCO)Nc1c(I)c(C(=O)Cl)c(I)c(C(=O)Cl)c1I. The molecule has 21 heavy (non-hydrogen) atoms. The van der Waals surface area contributed by atoms with Crippen LogP contribution in [-0.2, 0) is 4.79 Å². The Hall–Kier alpha value is 0.760. The number of hydrogen-bond donors (Lipinski definition) is 2. The van der Waals surface area contributed by atoms with Crippen LogP contribution in [0.4, 0.5) is 5.69 Å². The molecule has 2 N–H and O–H groups in total. The van der Waals surface area contributed by atoms with Crippen LogP contribution in [0, 0.1) is 10.7 Å². The normalized spacial score (nSPS) is 10.4. The lowest BCUT2D eigenvalue weighted by Gasteiger charge is -2.16. The number of carbonyl (C=O) groups excluding carboxylic acids is 3. The molecule has 5 nitrogen and oxygen atoms in total. The largest absolute Gasteiger partial charge is 0.396 e. The lowest BCUT2D eigenvalue weighted by Crippen LogP contribution is -2.18. The Balaban J connectivity index is 3.60. The van der Waals surface area contributed by atoms with Crippen LogP contribution in [0.1, 0.15) is 27.1 Å². The van der Waals surface area contributed by atoms with Crippen LogP contribution >= 0.6 is 91.0 Å². The summed E-state index contributed by atoms with van der Waals surface area (Å²) in [5.74, 6) is -0.449. The van der Waals surface area contributed by atoms with Crippen molar-refractivity contribution in [2.45, 2.75) is 6.42 Å². The van der Waals surface area contributed by atoms with Gasteiger partial charge < -0.3 is 10.4 Å². The second-order valence-corrected chi connectivity index (χ2v) is 7.56. The molecule has 1 aromatic rings. The fourth-order valence-electron chi connectivity index (χ4n) is 1.42. The minimum atomic E-state index is -0.753. The standard InChI is InChI=1S/C11H6Cl2I3NO4/c12-10(20)4-6(14)5(11(13)21)8(16)9(7(4)15)17-3(19)1-2-18/h18H,1-2H2,(H,17,19). The third-order valence-corrected chi connectivity index (χ3v) is 5.93. The topological polar surface area (TPSA) is 83.5 Å². The van der Waals surface area contributed by atoms with Gasteiger partial charge in [-0.05, 0) is 91.0 Å². The first-order valence-corrected chi connectivity index (χ1v) is 9.22. The van der Waals surface area contributed by atoms with E-state index in [1.54, 1.807) is 0 Å². The average Bonchev–Trinajstić information content (AvgIpc) is 2.33. The van der Waals surface area contributed by atoms with E-state index < -0.39 is 16.4 Å². The molecule has 0 radical (unpaired) electrons. The molecular weight excluding hydrogens is 662 g/mol. The average molecular weight is 668 g/mol. The van der Waals surface area contributed by atoms with E-state index in [-0.39, 0.29) is 29.8 Å². The summed E-state index contributed by atoms with van der Waals surface area (Å²) in [5.41, 5.74) is 0.506. The maximum atomic E-state index is 11.6. The number of rotatable bonds is 5. The molecule has 0 fully saturated rings. The number of benzene rings is 1. The van der Waals surface area contributed by atoms with Crippen molar-refractivity contribution < 1.29 is 19.5 Å². The number of aliphatic hydroxyl groups is 1. The van der Waals surface area contributed by atoms with Gasteiger partial charge in [0.25, 0.3) is 10.5 Å². The Labute approximate surface area is 170 Å². The second kappa shape index (κ2) is 8.57.